The van der Waals surface area contributed by atoms with Gasteiger partial charge in [-0.25, -0.2) is 0 Å². The van der Waals surface area contributed by atoms with Gasteiger partial charge >= 0.3 is 0 Å². The zero-order valence-corrected chi connectivity index (χ0v) is 14.4. The van der Waals surface area contributed by atoms with E-state index >= 15 is 0 Å². The lowest BCUT2D eigenvalue weighted by molar-refractivity contribution is 0.115. The van der Waals surface area contributed by atoms with Crippen LogP contribution in [0.4, 0.5) is 0 Å². The largest absolute Gasteiger partial charge is 0.300 e. The highest BCUT2D eigenvalue weighted by Crippen LogP contribution is 2.36. The van der Waals surface area contributed by atoms with Crippen molar-refractivity contribution in [1.29, 1.82) is 0 Å². The van der Waals surface area contributed by atoms with Crippen LogP contribution >= 0.6 is 15.9 Å². The molecule has 0 aromatic heterocycles. The molecule has 0 N–H and O–H groups in total. The van der Waals surface area contributed by atoms with Gasteiger partial charge in [0.15, 0.2) is 0 Å². The van der Waals surface area contributed by atoms with E-state index in [1.807, 2.05) is 0 Å². The van der Waals surface area contributed by atoms with Crippen molar-refractivity contribution >= 4 is 15.9 Å². The second-order valence-electron chi connectivity index (χ2n) is 6.60. The second-order valence-corrected chi connectivity index (χ2v) is 7.16. The number of nitrogens with zero attached hydrogens (tertiary/aromatic N) is 1. The number of hydrogen-bond acceptors (Lipinski definition) is 1. The molecule has 0 saturated heterocycles. The molecule has 0 bridgehead atoms. The molecule has 0 aromatic carbocycles. The first-order valence-electron chi connectivity index (χ1n) is 7.87. The average Bonchev–Trinajstić information content (AvgIpc) is 3.12. The number of halogens is 1. The molecular formula is C16H32BrN. The van der Waals surface area contributed by atoms with E-state index < -0.39 is 0 Å². The van der Waals surface area contributed by atoms with Gasteiger partial charge in [-0.1, -0.05) is 42.6 Å². The van der Waals surface area contributed by atoms with Gasteiger partial charge in [0.05, 0.1) is 0 Å². The van der Waals surface area contributed by atoms with Crippen molar-refractivity contribution in [3.63, 3.8) is 0 Å². The molecule has 1 aliphatic rings. The van der Waals surface area contributed by atoms with Crippen molar-refractivity contribution in [2.24, 2.45) is 11.3 Å². The van der Waals surface area contributed by atoms with Crippen molar-refractivity contribution in [3.05, 3.63) is 0 Å². The van der Waals surface area contributed by atoms with Crippen LogP contribution in [0.5, 0.6) is 0 Å². The third kappa shape index (κ3) is 5.21. The van der Waals surface area contributed by atoms with Crippen LogP contribution < -0.4 is 0 Å². The molecule has 1 fully saturated rings. The van der Waals surface area contributed by atoms with Crippen LogP contribution in [0.15, 0.2) is 0 Å². The maximum atomic E-state index is 3.81. The fourth-order valence-electron chi connectivity index (χ4n) is 3.04. The van der Waals surface area contributed by atoms with E-state index in [1.165, 1.54) is 51.6 Å². The van der Waals surface area contributed by atoms with Crippen molar-refractivity contribution in [2.45, 2.75) is 72.3 Å². The summed E-state index contributed by atoms with van der Waals surface area (Å²) in [6, 6.07) is 0.692. The highest BCUT2D eigenvalue weighted by Gasteiger charge is 2.33. The first-order valence-corrected chi connectivity index (χ1v) is 8.99. The molecule has 0 aliphatic heterocycles. The molecule has 1 nitrogen and oxygen atoms in total. The average molecular weight is 318 g/mol. The van der Waals surface area contributed by atoms with Gasteiger partial charge in [0.25, 0.3) is 0 Å². The Morgan fingerprint density at radius 2 is 1.72 bits per heavy atom. The van der Waals surface area contributed by atoms with Gasteiger partial charge in [0, 0.05) is 24.5 Å². The predicted octanol–water partition coefficient (Wildman–Crippen LogP) is 5.09. The van der Waals surface area contributed by atoms with Gasteiger partial charge in [0.2, 0.25) is 0 Å². The van der Waals surface area contributed by atoms with Gasteiger partial charge in [-0.3, -0.25) is 0 Å². The molecule has 0 amide bonds. The molecule has 2 heteroatoms. The lowest BCUT2D eigenvalue weighted by Gasteiger charge is -2.39. The fourth-order valence-corrected chi connectivity index (χ4v) is 3.78. The van der Waals surface area contributed by atoms with Crippen LogP contribution in [0.25, 0.3) is 0 Å². The maximum absolute atomic E-state index is 3.81. The van der Waals surface area contributed by atoms with Crippen molar-refractivity contribution < 1.29 is 0 Å². The normalized spacial score (nSPS) is 16.8. The van der Waals surface area contributed by atoms with Crippen LogP contribution in [0, 0.1) is 11.3 Å². The molecule has 0 spiro atoms. The Kier molecular flexibility index (Phi) is 7.23. The lowest BCUT2D eigenvalue weighted by atomic mass is 9.80. The summed E-state index contributed by atoms with van der Waals surface area (Å²) < 4.78 is 0. The van der Waals surface area contributed by atoms with Gasteiger partial charge in [0.1, 0.15) is 0 Å². The Bertz CT molecular complexity index is 217. The summed E-state index contributed by atoms with van der Waals surface area (Å²) in [4.78, 5) is 2.74. The second kappa shape index (κ2) is 7.89. The molecule has 108 valence electrons. The molecule has 0 aromatic rings. The van der Waals surface area contributed by atoms with E-state index in [0.29, 0.717) is 11.5 Å². The minimum atomic E-state index is 0.503. The van der Waals surface area contributed by atoms with Crippen LogP contribution in [0.1, 0.15) is 66.2 Å². The SMILES string of the molecule is CCCC(CBr)(CCC)CN(CC1CC1)C(C)C. The maximum Gasteiger partial charge on any atom is 0.0100 e. The summed E-state index contributed by atoms with van der Waals surface area (Å²) in [5, 5.41) is 1.16. The third-order valence-electron chi connectivity index (χ3n) is 4.30. The molecule has 0 radical (unpaired) electrons. The van der Waals surface area contributed by atoms with Crippen molar-refractivity contribution in [2.75, 3.05) is 18.4 Å². The van der Waals surface area contributed by atoms with Crippen LogP contribution in [-0.4, -0.2) is 29.4 Å². The Hall–Kier alpha value is 0.440. The monoisotopic (exact) mass is 317 g/mol. The number of rotatable bonds is 10. The van der Waals surface area contributed by atoms with Crippen LogP contribution in [0.2, 0.25) is 0 Å². The van der Waals surface area contributed by atoms with Gasteiger partial charge in [-0.2, -0.15) is 0 Å². The molecule has 1 aliphatic carbocycles. The fraction of sp³-hybridized carbons (Fsp3) is 1.00. The molecule has 18 heavy (non-hydrogen) atoms. The minimum absolute atomic E-state index is 0.503. The van der Waals surface area contributed by atoms with Gasteiger partial charge in [-0.05, 0) is 50.9 Å². The predicted molar refractivity (Wildman–Crippen MR) is 85.5 cm³/mol. The molecule has 0 unspecified atom stereocenters. The van der Waals surface area contributed by atoms with E-state index in [1.54, 1.807) is 0 Å². The van der Waals surface area contributed by atoms with E-state index in [2.05, 4.69) is 48.5 Å². The van der Waals surface area contributed by atoms with E-state index in [4.69, 9.17) is 0 Å². The third-order valence-corrected chi connectivity index (χ3v) is 5.49. The van der Waals surface area contributed by atoms with Crippen molar-refractivity contribution in [1.82, 2.24) is 4.90 Å². The molecule has 1 saturated carbocycles. The zero-order chi connectivity index (χ0) is 13.6. The first-order chi connectivity index (χ1) is 8.56. The zero-order valence-electron chi connectivity index (χ0n) is 12.8. The lowest BCUT2D eigenvalue weighted by Crippen LogP contribution is -2.43. The van der Waals surface area contributed by atoms with E-state index in [-0.39, 0.29) is 0 Å². The Morgan fingerprint density at radius 1 is 1.17 bits per heavy atom. The smallest absolute Gasteiger partial charge is 0.0100 e. The standard InChI is InChI=1S/C16H32BrN/c1-5-9-16(12-17,10-6-2)13-18(14(3)4)11-15-7-8-15/h14-15H,5-13H2,1-4H3. The summed E-state index contributed by atoms with van der Waals surface area (Å²) in [6.45, 7) is 12.0. The molecule has 0 atom stereocenters. The minimum Gasteiger partial charge on any atom is -0.300 e. The molecule has 1 rings (SSSR count). The van der Waals surface area contributed by atoms with Crippen molar-refractivity contribution in [3.8, 4) is 0 Å². The number of hydrogen-bond donors (Lipinski definition) is 0. The quantitative estimate of drug-likeness (QED) is 0.507. The van der Waals surface area contributed by atoms with Crippen LogP contribution in [-0.2, 0) is 0 Å². The highest BCUT2D eigenvalue weighted by molar-refractivity contribution is 9.09. The van der Waals surface area contributed by atoms with Gasteiger partial charge in [-0.15, -0.1) is 0 Å². The van der Waals surface area contributed by atoms with Crippen LogP contribution in [0.3, 0.4) is 0 Å². The number of alkyl halides is 1. The summed E-state index contributed by atoms with van der Waals surface area (Å²) >= 11 is 3.81. The van der Waals surface area contributed by atoms with Gasteiger partial charge < -0.3 is 4.90 Å². The summed E-state index contributed by atoms with van der Waals surface area (Å²) in [7, 11) is 0. The van der Waals surface area contributed by atoms with E-state index in [9.17, 15) is 0 Å². The summed E-state index contributed by atoms with van der Waals surface area (Å²) in [5.74, 6) is 1.00. The Labute approximate surface area is 123 Å². The molecular weight excluding hydrogens is 286 g/mol. The topological polar surface area (TPSA) is 3.24 Å². The highest BCUT2D eigenvalue weighted by atomic mass is 79.9. The summed E-state index contributed by atoms with van der Waals surface area (Å²) in [5.41, 5.74) is 0.503. The molecule has 0 heterocycles. The Morgan fingerprint density at radius 3 is 2.06 bits per heavy atom. The first kappa shape index (κ1) is 16.5. The van der Waals surface area contributed by atoms with E-state index in [0.717, 1.165) is 11.2 Å². The Balaban J connectivity index is 2.63. The summed E-state index contributed by atoms with van der Waals surface area (Å²) in [6.07, 6.45) is 8.26.